The number of benzene rings is 1. The minimum Gasteiger partial charge on any atom is -0.495 e. The third-order valence-electron chi connectivity index (χ3n) is 1.92. The highest BCUT2D eigenvalue weighted by atomic mass is 35.5. The molecule has 2 nitrogen and oxygen atoms in total. The first kappa shape index (κ1) is 10.7. The van der Waals surface area contributed by atoms with Crippen LogP contribution in [0.1, 0.15) is 0 Å². The third kappa shape index (κ3) is 2.25. The summed E-state index contributed by atoms with van der Waals surface area (Å²) in [5, 5.41) is 2.46. The number of ether oxygens (including phenoxy) is 1. The van der Waals surface area contributed by atoms with E-state index in [1.54, 1.807) is 7.11 Å². The fraction of sp³-hybridized carbons (Fsp3) is 0.100. The molecule has 15 heavy (non-hydrogen) atoms. The van der Waals surface area contributed by atoms with Gasteiger partial charge in [0.25, 0.3) is 0 Å². The van der Waals surface area contributed by atoms with Crippen molar-refractivity contribution in [2.75, 3.05) is 7.11 Å². The molecule has 0 bridgehead atoms. The van der Waals surface area contributed by atoms with Crippen LogP contribution in [0.2, 0.25) is 9.49 Å². The molecule has 0 aliphatic heterocycles. The first-order valence-electron chi connectivity index (χ1n) is 4.15. The van der Waals surface area contributed by atoms with E-state index in [0.717, 1.165) is 11.3 Å². The molecule has 0 N–H and O–H groups in total. The summed E-state index contributed by atoms with van der Waals surface area (Å²) in [5.41, 5.74) is 1.76. The van der Waals surface area contributed by atoms with Gasteiger partial charge in [-0.2, -0.15) is 0 Å². The SMILES string of the molecule is COc1ccc(-c2csc(Cl)n2)cc1Cl. The third-order valence-corrected chi connectivity index (χ3v) is 3.20. The van der Waals surface area contributed by atoms with E-state index in [9.17, 15) is 0 Å². The van der Waals surface area contributed by atoms with Crippen molar-refractivity contribution in [2.24, 2.45) is 0 Å². The van der Waals surface area contributed by atoms with Crippen LogP contribution in [0.3, 0.4) is 0 Å². The van der Waals surface area contributed by atoms with Crippen LogP contribution < -0.4 is 4.74 Å². The zero-order valence-corrected chi connectivity index (χ0v) is 10.2. The van der Waals surface area contributed by atoms with Crippen molar-refractivity contribution in [3.05, 3.63) is 33.1 Å². The van der Waals surface area contributed by atoms with Gasteiger partial charge >= 0.3 is 0 Å². The van der Waals surface area contributed by atoms with Gasteiger partial charge in [0.15, 0.2) is 4.47 Å². The van der Waals surface area contributed by atoms with E-state index in [1.807, 2.05) is 23.6 Å². The standard InChI is InChI=1S/C10H7Cl2NOS/c1-14-9-3-2-6(4-7(9)11)8-5-15-10(12)13-8/h2-5H,1H3. The second-order valence-electron chi connectivity index (χ2n) is 2.84. The molecule has 0 unspecified atom stereocenters. The second-order valence-corrected chi connectivity index (χ2v) is 4.68. The number of hydrogen-bond donors (Lipinski definition) is 0. The number of methoxy groups -OCH3 is 1. The maximum atomic E-state index is 6.00. The highest BCUT2D eigenvalue weighted by Crippen LogP contribution is 2.31. The summed E-state index contributed by atoms with van der Waals surface area (Å²) in [4.78, 5) is 4.16. The molecule has 2 rings (SSSR count). The molecule has 0 amide bonds. The Labute approximate surface area is 101 Å². The van der Waals surface area contributed by atoms with Crippen molar-refractivity contribution in [3.8, 4) is 17.0 Å². The van der Waals surface area contributed by atoms with Crippen molar-refractivity contribution >= 4 is 34.5 Å². The summed E-state index contributed by atoms with van der Waals surface area (Å²) in [6.45, 7) is 0. The maximum Gasteiger partial charge on any atom is 0.184 e. The lowest BCUT2D eigenvalue weighted by atomic mass is 10.2. The number of rotatable bonds is 2. The second kappa shape index (κ2) is 4.39. The van der Waals surface area contributed by atoms with Gasteiger partial charge in [0.2, 0.25) is 0 Å². The molecule has 1 aromatic heterocycles. The van der Waals surface area contributed by atoms with Crippen LogP contribution in [0.15, 0.2) is 23.6 Å². The maximum absolute atomic E-state index is 6.00. The molecule has 0 aliphatic rings. The fourth-order valence-electron chi connectivity index (χ4n) is 1.21. The van der Waals surface area contributed by atoms with Gasteiger partial charge < -0.3 is 4.74 Å². The highest BCUT2D eigenvalue weighted by Gasteiger charge is 2.06. The average Bonchev–Trinajstić information content (AvgIpc) is 2.65. The molecule has 2 aromatic rings. The first-order chi connectivity index (χ1) is 7.20. The van der Waals surface area contributed by atoms with Crippen LogP contribution in [-0.2, 0) is 0 Å². The monoisotopic (exact) mass is 259 g/mol. The van der Waals surface area contributed by atoms with Crippen molar-refractivity contribution in [1.29, 1.82) is 0 Å². The highest BCUT2D eigenvalue weighted by molar-refractivity contribution is 7.14. The van der Waals surface area contributed by atoms with Crippen molar-refractivity contribution in [2.45, 2.75) is 0 Å². The smallest absolute Gasteiger partial charge is 0.184 e. The van der Waals surface area contributed by atoms with Crippen LogP contribution in [0, 0.1) is 0 Å². The summed E-state index contributed by atoms with van der Waals surface area (Å²) in [6.07, 6.45) is 0. The first-order valence-corrected chi connectivity index (χ1v) is 5.79. The number of halogens is 2. The van der Waals surface area contributed by atoms with Crippen LogP contribution in [0.4, 0.5) is 0 Å². The Morgan fingerprint density at radius 3 is 2.67 bits per heavy atom. The molecule has 0 spiro atoms. The van der Waals surface area contributed by atoms with Crippen LogP contribution in [-0.4, -0.2) is 12.1 Å². The molecule has 78 valence electrons. The summed E-state index contributed by atoms with van der Waals surface area (Å²) in [5.74, 6) is 0.654. The lowest BCUT2D eigenvalue weighted by Gasteiger charge is -2.03. The summed E-state index contributed by atoms with van der Waals surface area (Å²) >= 11 is 13.2. The van der Waals surface area contributed by atoms with E-state index in [4.69, 9.17) is 27.9 Å². The normalized spacial score (nSPS) is 10.3. The molecule has 0 atom stereocenters. The Hall–Kier alpha value is -0.770. The van der Waals surface area contributed by atoms with E-state index >= 15 is 0 Å². The van der Waals surface area contributed by atoms with E-state index in [2.05, 4.69) is 4.98 Å². The van der Waals surface area contributed by atoms with E-state index < -0.39 is 0 Å². The van der Waals surface area contributed by atoms with Crippen LogP contribution in [0.5, 0.6) is 5.75 Å². The van der Waals surface area contributed by atoms with E-state index in [-0.39, 0.29) is 0 Å². The van der Waals surface area contributed by atoms with Gasteiger partial charge in [-0.1, -0.05) is 23.2 Å². The van der Waals surface area contributed by atoms with Gasteiger partial charge in [-0.3, -0.25) is 0 Å². The summed E-state index contributed by atoms with van der Waals surface area (Å²) in [7, 11) is 1.58. The quantitative estimate of drug-likeness (QED) is 0.810. The Morgan fingerprint density at radius 1 is 1.33 bits per heavy atom. The predicted octanol–water partition coefficient (Wildman–Crippen LogP) is 4.13. The lowest BCUT2D eigenvalue weighted by Crippen LogP contribution is -1.85. The largest absolute Gasteiger partial charge is 0.495 e. The van der Waals surface area contributed by atoms with Gasteiger partial charge in [-0.15, -0.1) is 11.3 Å². The Kier molecular flexibility index (Phi) is 3.14. The number of hydrogen-bond acceptors (Lipinski definition) is 3. The minimum absolute atomic E-state index is 0.525. The van der Waals surface area contributed by atoms with Crippen molar-refractivity contribution < 1.29 is 4.74 Å². The Bertz CT molecular complexity index is 484. The average molecular weight is 260 g/mol. The van der Waals surface area contributed by atoms with E-state index in [1.165, 1.54) is 11.3 Å². The van der Waals surface area contributed by atoms with Crippen molar-refractivity contribution in [1.82, 2.24) is 4.98 Å². The molecule has 1 aromatic carbocycles. The van der Waals surface area contributed by atoms with Crippen LogP contribution >= 0.6 is 34.5 Å². The van der Waals surface area contributed by atoms with Gasteiger partial charge in [-0.05, 0) is 18.2 Å². The van der Waals surface area contributed by atoms with Gasteiger partial charge in [0.05, 0.1) is 17.8 Å². The zero-order valence-electron chi connectivity index (χ0n) is 7.83. The molecule has 1 heterocycles. The molecule has 5 heteroatoms. The molecular formula is C10H7Cl2NOS. The number of thiazole rings is 1. The van der Waals surface area contributed by atoms with Gasteiger partial charge in [0.1, 0.15) is 5.75 Å². The Morgan fingerprint density at radius 2 is 2.13 bits per heavy atom. The molecule has 0 saturated heterocycles. The zero-order chi connectivity index (χ0) is 10.8. The lowest BCUT2D eigenvalue weighted by molar-refractivity contribution is 0.415. The minimum atomic E-state index is 0.525. The number of nitrogens with zero attached hydrogens (tertiary/aromatic N) is 1. The molecule has 0 aliphatic carbocycles. The summed E-state index contributed by atoms with van der Waals surface area (Å²) < 4.78 is 5.59. The Balaban J connectivity index is 2.42. The molecule has 0 fully saturated rings. The molecular weight excluding hydrogens is 253 g/mol. The predicted molar refractivity (Wildman–Crippen MR) is 64.1 cm³/mol. The number of aromatic nitrogens is 1. The van der Waals surface area contributed by atoms with Crippen molar-refractivity contribution in [3.63, 3.8) is 0 Å². The van der Waals surface area contributed by atoms with Crippen LogP contribution in [0.25, 0.3) is 11.3 Å². The van der Waals surface area contributed by atoms with Gasteiger partial charge in [0, 0.05) is 10.9 Å². The summed E-state index contributed by atoms with van der Waals surface area (Å²) in [6, 6.07) is 5.52. The van der Waals surface area contributed by atoms with E-state index in [0.29, 0.717) is 15.2 Å². The topological polar surface area (TPSA) is 22.1 Å². The molecule has 0 saturated carbocycles. The molecule has 0 radical (unpaired) electrons. The fourth-order valence-corrected chi connectivity index (χ4v) is 2.24. The van der Waals surface area contributed by atoms with Gasteiger partial charge in [-0.25, -0.2) is 4.98 Å².